The summed E-state index contributed by atoms with van der Waals surface area (Å²) in [6.45, 7) is 2.40. The third-order valence-electron chi connectivity index (χ3n) is 2.49. The first-order chi connectivity index (χ1) is 7.15. The number of hydrogen-bond donors (Lipinski definition) is 3. The predicted molar refractivity (Wildman–Crippen MR) is 52.2 cm³/mol. The van der Waals surface area contributed by atoms with E-state index in [-0.39, 0.29) is 6.54 Å². The summed E-state index contributed by atoms with van der Waals surface area (Å²) in [6, 6.07) is 0. The lowest BCUT2D eigenvalue weighted by atomic mass is 10.1. The van der Waals surface area contributed by atoms with E-state index in [4.69, 9.17) is 19.9 Å². The highest BCUT2D eigenvalue weighted by Crippen LogP contribution is 2.25. The van der Waals surface area contributed by atoms with Crippen molar-refractivity contribution in [3.05, 3.63) is 0 Å². The Morgan fingerprint density at radius 1 is 1.40 bits per heavy atom. The second kappa shape index (κ2) is 5.74. The lowest BCUT2D eigenvalue weighted by molar-refractivity contribution is -0.177. The van der Waals surface area contributed by atoms with E-state index < -0.39 is 30.7 Å². The van der Waals surface area contributed by atoms with Gasteiger partial charge in [0.15, 0.2) is 6.29 Å². The van der Waals surface area contributed by atoms with Gasteiger partial charge in [0.05, 0.1) is 6.10 Å². The van der Waals surface area contributed by atoms with Crippen LogP contribution in [0.1, 0.15) is 6.92 Å². The molecule has 1 fully saturated rings. The largest absolute Gasteiger partial charge is 0.387 e. The molecule has 0 aromatic rings. The molecule has 1 aliphatic rings. The van der Waals surface area contributed by atoms with Crippen molar-refractivity contribution in [2.24, 2.45) is 5.73 Å². The van der Waals surface area contributed by atoms with Crippen molar-refractivity contribution in [1.29, 1.82) is 0 Å². The van der Waals surface area contributed by atoms with Crippen LogP contribution in [0.4, 0.5) is 0 Å². The van der Waals surface area contributed by atoms with Gasteiger partial charge in [0.2, 0.25) is 0 Å². The Kier molecular flexibility index (Phi) is 4.91. The molecule has 5 atom stereocenters. The molecule has 1 saturated heterocycles. The van der Waals surface area contributed by atoms with E-state index in [0.717, 1.165) is 0 Å². The fourth-order valence-corrected chi connectivity index (χ4v) is 1.65. The minimum absolute atomic E-state index is 0.212. The first kappa shape index (κ1) is 12.8. The van der Waals surface area contributed by atoms with Crippen LogP contribution in [-0.4, -0.2) is 61.2 Å². The van der Waals surface area contributed by atoms with Gasteiger partial charge in [0.1, 0.15) is 18.3 Å². The molecule has 1 aliphatic heterocycles. The third-order valence-corrected chi connectivity index (χ3v) is 2.49. The van der Waals surface area contributed by atoms with Crippen molar-refractivity contribution in [2.45, 2.75) is 37.6 Å². The Labute approximate surface area is 88.9 Å². The lowest BCUT2D eigenvalue weighted by Gasteiger charge is -2.22. The zero-order valence-electron chi connectivity index (χ0n) is 9.00. The lowest BCUT2D eigenvalue weighted by Crippen LogP contribution is -2.43. The van der Waals surface area contributed by atoms with E-state index in [0.29, 0.717) is 6.61 Å². The number of rotatable bonds is 5. The molecule has 6 heteroatoms. The minimum Gasteiger partial charge on any atom is -0.387 e. The summed E-state index contributed by atoms with van der Waals surface area (Å²) in [5.74, 6) is 0. The van der Waals surface area contributed by atoms with Gasteiger partial charge in [-0.05, 0) is 6.92 Å². The maximum Gasteiger partial charge on any atom is 0.186 e. The Bertz CT molecular complexity index is 187. The molecule has 0 saturated carbocycles. The van der Waals surface area contributed by atoms with Crippen LogP contribution >= 0.6 is 0 Å². The molecule has 0 unspecified atom stereocenters. The maximum atomic E-state index is 9.70. The maximum absolute atomic E-state index is 9.70. The molecule has 0 aromatic carbocycles. The van der Waals surface area contributed by atoms with Crippen LogP contribution in [0.25, 0.3) is 0 Å². The van der Waals surface area contributed by atoms with Crippen molar-refractivity contribution in [3.63, 3.8) is 0 Å². The number of ether oxygens (including phenoxy) is 3. The first-order valence-corrected chi connectivity index (χ1v) is 5.01. The van der Waals surface area contributed by atoms with Crippen molar-refractivity contribution in [2.75, 3.05) is 20.3 Å². The third kappa shape index (κ3) is 2.66. The highest BCUT2D eigenvalue weighted by atomic mass is 16.7. The predicted octanol–water partition coefficient (Wildman–Crippen LogP) is -1.56. The van der Waals surface area contributed by atoms with Crippen LogP contribution in [0.5, 0.6) is 0 Å². The van der Waals surface area contributed by atoms with Gasteiger partial charge in [-0.2, -0.15) is 0 Å². The van der Waals surface area contributed by atoms with E-state index in [9.17, 15) is 10.2 Å². The normalized spacial score (nSPS) is 38.2. The van der Waals surface area contributed by atoms with Gasteiger partial charge in [-0.15, -0.1) is 0 Å². The number of aliphatic hydroxyl groups excluding tert-OH is 2. The second-order valence-corrected chi connectivity index (χ2v) is 3.42. The van der Waals surface area contributed by atoms with E-state index in [2.05, 4.69) is 0 Å². The fraction of sp³-hybridized carbons (Fsp3) is 1.00. The van der Waals surface area contributed by atoms with Gasteiger partial charge >= 0.3 is 0 Å². The Morgan fingerprint density at radius 2 is 2.07 bits per heavy atom. The van der Waals surface area contributed by atoms with Gasteiger partial charge in [0, 0.05) is 20.3 Å². The first-order valence-electron chi connectivity index (χ1n) is 5.01. The van der Waals surface area contributed by atoms with Crippen LogP contribution in [0, 0.1) is 0 Å². The molecule has 1 rings (SSSR count). The minimum atomic E-state index is -1.06. The molecule has 0 aliphatic carbocycles. The highest BCUT2D eigenvalue weighted by Gasteiger charge is 2.46. The van der Waals surface area contributed by atoms with Crippen LogP contribution in [0.15, 0.2) is 0 Å². The van der Waals surface area contributed by atoms with Crippen LogP contribution in [0.2, 0.25) is 0 Å². The topological polar surface area (TPSA) is 94.2 Å². The Hall–Kier alpha value is -0.240. The monoisotopic (exact) mass is 221 g/mol. The molecule has 0 amide bonds. The number of hydrogen-bond acceptors (Lipinski definition) is 6. The van der Waals surface area contributed by atoms with Gasteiger partial charge in [0.25, 0.3) is 0 Å². The standard InChI is InChI=1S/C9H19NO5/c1-3-14-9-7(12)6(11)8(15-9)5(4-10)13-2/h5-9,11-12H,3-4,10H2,1-2H3/t5-,6-,7-,8-,9+/m1/s1. The van der Waals surface area contributed by atoms with Crippen molar-refractivity contribution in [3.8, 4) is 0 Å². The smallest absolute Gasteiger partial charge is 0.186 e. The molecular formula is C9H19NO5. The molecule has 0 spiro atoms. The Morgan fingerprint density at radius 3 is 2.53 bits per heavy atom. The second-order valence-electron chi connectivity index (χ2n) is 3.42. The van der Waals surface area contributed by atoms with E-state index in [1.54, 1.807) is 6.92 Å². The SMILES string of the molecule is CCO[C@H]1O[C@H]([C@@H](CN)OC)[C@H](O)[C@H]1O. The zero-order chi connectivity index (χ0) is 11.4. The summed E-state index contributed by atoms with van der Waals surface area (Å²) in [6.07, 6.45) is -3.99. The van der Waals surface area contributed by atoms with Gasteiger partial charge in [-0.25, -0.2) is 0 Å². The van der Waals surface area contributed by atoms with Gasteiger partial charge in [-0.3, -0.25) is 0 Å². The Balaban J connectivity index is 2.61. The molecule has 0 bridgehead atoms. The molecule has 90 valence electrons. The van der Waals surface area contributed by atoms with Crippen molar-refractivity contribution < 1.29 is 24.4 Å². The van der Waals surface area contributed by atoms with Gasteiger partial charge < -0.3 is 30.2 Å². The van der Waals surface area contributed by atoms with Crippen LogP contribution in [0.3, 0.4) is 0 Å². The summed E-state index contributed by atoms with van der Waals surface area (Å²) >= 11 is 0. The molecule has 1 heterocycles. The summed E-state index contributed by atoms with van der Waals surface area (Å²) in [5.41, 5.74) is 5.45. The summed E-state index contributed by atoms with van der Waals surface area (Å²) in [5, 5.41) is 19.3. The van der Waals surface area contributed by atoms with Crippen LogP contribution < -0.4 is 5.73 Å². The average Bonchev–Trinajstić information content (AvgIpc) is 2.50. The number of nitrogens with two attached hydrogens (primary N) is 1. The van der Waals surface area contributed by atoms with Crippen LogP contribution in [-0.2, 0) is 14.2 Å². The summed E-state index contributed by atoms with van der Waals surface area (Å²) in [7, 11) is 1.48. The number of aliphatic hydroxyl groups is 2. The van der Waals surface area contributed by atoms with E-state index >= 15 is 0 Å². The number of methoxy groups -OCH3 is 1. The summed E-state index contributed by atoms with van der Waals surface area (Å²) < 4.78 is 15.5. The summed E-state index contributed by atoms with van der Waals surface area (Å²) in [4.78, 5) is 0. The fourth-order valence-electron chi connectivity index (χ4n) is 1.65. The quantitative estimate of drug-likeness (QED) is 0.520. The van der Waals surface area contributed by atoms with E-state index in [1.807, 2.05) is 0 Å². The average molecular weight is 221 g/mol. The molecule has 0 radical (unpaired) electrons. The molecule has 4 N–H and O–H groups in total. The van der Waals surface area contributed by atoms with Crippen molar-refractivity contribution >= 4 is 0 Å². The molecule has 6 nitrogen and oxygen atoms in total. The molecule has 15 heavy (non-hydrogen) atoms. The van der Waals surface area contributed by atoms with Gasteiger partial charge in [-0.1, -0.05) is 0 Å². The van der Waals surface area contributed by atoms with E-state index in [1.165, 1.54) is 7.11 Å². The zero-order valence-corrected chi connectivity index (χ0v) is 9.00. The highest BCUT2D eigenvalue weighted by molar-refractivity contribution is 4.91. The molecule has 0 aromatic heterocycles. The van der Waals surface area contributed by atoms with Crippen molar-refractivity contribution in [1.82, 2.24) is 0 Å². The molecular weight excluding hydrogens is 202 g/mol.